The van der Waals surface area contributed by atoms with E-state index in [1.54, 1.807) is 0 Å². The van der Waals surface area contributed by atoms with Crippen molar-refractivity contribution in [3.8, 4) is 0 Å². The van der Waals surface area contributed by atoms with Gasteiger partial charge in [0, 0.05) is 6.92 Å². The molecule has 5 heteroatoms. The summed E-state index contributed by atoms with van der Waals surface area (Å²) < 4.78 is 4.52. The Hall–Kier alpha value is -1.39. The van der Waals surface area contributed by atoms with Crippen molar-refractivity contribution in [3.63, 3.8) is 0 Å². The van der Waals surface area contributed by atoms with Gasteiger partial charge in [0.2, 0.25) is 0 Å². The Morgan fingerprint density at radius 3 is 2.82 bits per heavy atom. The molecule has 11 heavy (non-hydrogen) atoms. The first-order valence-electron chi connectivity index (χ1n) is 3.07. The largest absolute Gasteiger partial charge is 0.481 e. The highest BCUT2D eigenvalue weighted by Crippen LogP contribution is 2.09. The number of esters is 1. The predicted octanol–water partition coefficient (Wildman–Crippen LogP) is -0.195. The second-order valence-corrected chi connectivity index (χ2v) is 2.18. The van der Waals surface area contributed by atoms with E-state index in [2.05, 4.69) is 9.73 Å². The number of rotatable bonds is 2. The summed E-state index contributed by atoms with van der Waals surface area (Å²) in [7, 11) is 0. The van der Waals surface area contributed by atoms with Gasteiger partial charge in [-0.2, -0.15) is 0 Å². The van der Waals surface area contributed by atoms with Crippen molar-refractivity contribution in [2.24, 2.45) is 4.99 Å². The summed E-state index contributed by atoms with van der Waals surface area (Å²) in [5, 5.41) is 8.30. The molecule has 0 bridgehead atoms. The quantitative estimate of drug-likeness (QED) is 0.563. The average molecular weight is 157 g/mol. The van der Waals surface area contributed by atoms with Crippen molar-refractivity contribution in [2.75, 3.05) is 0 Å². The zero-order valence-electron chi connectivity index (χ0n) is 5.90. The average Bonchev–Trinajstić information content (AvgIpc) is 2.09. The maximum atomic E-state index is 10.7. The Bertz CT molecular complexity index is 233. The van der Waals surface area contributed by atoms with Crippen LogP contribution in [0.25, 0.3) is 0 Å². The number of hydrogen-bond acceptors (Lipinski definition) is 4. The SMILES string of the molecule is CC1=NC(CC(=O)O)C(=O)O1. The topological polar surface area (TPSA) is 76.0 Å². The number of aliphatic carboxylic acids is 1. The van der Waals surface area contributed by atoms with Gasteiger partial charge in [0.05, 0.1) is 6.42 Å². The number of carboxylic acids is 1. The smallest absolute Gasteiger partial charge is 0.338 e. The molecule has 0 amide bonds. The van der Waals surface area contributed by atoms with Gasteiger partial charge in [0.1, 0.15) is 0 Å². The molecule has 1 atom stereocenters. The minimum Gasteiger partial charge on any atom is -0.481 e. The van der Waals surface area contributed by atoms with Gasteiger partial charge in [-0.1, -0.05) is 0 Å². The van der Waals surface area contributed by atoms with Crippen LogP contribution in [0.5, 0.6) is 0 Å². The molecule has 1 rings (SSSR count). The third-order valence-electron chi connectivity index (χ3n) is 1.23. The second kappa shape index (κ2) is 2.69. The number of cyclic esters (lactones) is 1. The molecule has 0 spiro atoms. The van der Waals surface area contributed by atoms with E-state index in [1.807, 2.05) is 0 Å². The molecule has 60 valence electrons. The van der Waals surface area contributed by atoms with Crippen LogP contribution in [0.2, 0.25) is 0 Å². The van der Waals surface area contributed by atoms with Crippen molar-refractivity contribution in [2.45, 2.75) is 19.4 Å². The fraction of sp³-hybridized carbons (Fsp3) is 0.500. The molecule has 1 aliphatic rings. The minimum atomic E-state index is -1.05. The Labute approximate surface area is 62.7 Å². The number of aliphatic imine (C=N–C) groups is 1. The molecule has 0 radical (unpaired) electrons. The van der Waals surface area contributed by atoms with Gasteiger partial charge in [0.15, 0.2) is 11.9 Å². The molecular formula is C6H7NO4. The van der Waals surface area contributed by atoms with Gasteiger partial charge in [-0.3, -0.25) is 4.79 Å². The molecule has 0 saturated heterocycles. The van der Waals surface area contributed by atoms with E-state index in [4.69, 9.17) is 5.11 Å². The first-order valence-corrected chi connectivity index (χ1v) is 3.07. The number of carbonyl (C=O) groups excluding carboxylic acids is 1. The van der Waals surface area contributed by atoms with E-state index in [-0.39, 0.29) is 12.3 Å². The van der Waals surface area contributed by atoms with Gasteiger partial charge >= 0.3 is 11.9 Å². The molecular weight excluding hydrogens is 150 g/mol. The standard InChI is InChI=1S/C6H7NO4/c1-3-7-4(2-5(8)9)6(10)11-3/h4H,2H2,1H3,(H,8,9). The van der Waals surface area contributed by atoms with Gasteiger partial charge in [-0.25, -0.2) is 9.79 Å². The van der Waals surface area contributed by atoms with E-state index < -0.39 is 18.0 Å². The summed E-state index contributed by atoms with van der Waals surface area (Å²) in [6.45, 7) is 1.51. The molecule has 5 nitrogen and oxygen atoms in total. The molecule has 0 aromatic carbocycles. The number of hydrogen-bond donors (Lipinski definition) is 1. The van der Waals surface area contributed by atoms with Crippen LogP contribution in [0.1, 0.15) is 13.3 Å². The van der Waals surface area contributed by atoms with Crippen molar-refractivity contribution >= 4 is 17.8 Å². The van der Waals surface area contributed by atoms with E-state index in [0.29, 0.717) is 0 Å². The molecule has 0 aromatic heterocycles. The van der Waals surface area contributed by atoms with Crippen molar-refractivity contribution in [1.82, 2.24) is 0 Å². The van der Waals surface area contributed by atoms with Crippen LogP contribution >= 0.6 is 0 Å². The van der Waals surface area contributed by atoms with Crippen LogP contribution in [-0.4, -0.2) is 29.0 Å². The molecule has 1 heterocycles. The first-order chi connectivity index (χ1) is 5.09. The van der Waals surface area contributed by atoms with E-state index >= 15 is 0 Å². The normalized spacial score (nSPS) is 22.8. The van der Waals surface area contributed by atoms with Gasteiger partial charge < -0.3 is 9.84 Å². The number of carboxylic acid groups (broad SMARTS) is 1. The minimum absolute atomic E-state index is 0.237. The fourth-order valence-electron chi connectivity index (χ4n) is 0.806. The summed E-state index contributed by atoms with van der Waals surface area (Å²) in [6, 6.07) is -0.840. The summed E-state index contributed by atoms with van der Waals surface area (Å²) >= 11 is 0. The van der Waals surface area contributed by atoms with Crippen LogP contribution in [0.15, 0.2) is 4.99 Å². The van der Waals surface area contributed by atoms with E-state index in [0.717, 1.165) is 0 Å². The number of carbonyl (C=O) groups is 2. The lowest BCUT2D eigenvalue weighted by atomic mass is 10.2. The van der Waals surface area contributed by atoms with Crippen molar-refractivity contribution in [1.29, 1.82) is 0 Å². The van der Waals surface area contributed by atoms with Crippen molar-refractivity contribution < 1.29 is 19.4 Å². The zero-order chi connectivity index (χ0) is 8.43. The zero-order valence-corrected chi connectivity index (χ0v) is 5.90. The van der Waals surface area contributed by atoms with Gasteiger partial charge in [-0.15, -0.1) is 0 Å². The lowest BCUT2D eigenvalue weighted by Gasteiger charge is -1.96. The monoisotopic (exact) mass is 157 g/mol. The molecule has 0 fully saturated rings. The number of nitrogens with zero attached hydrogens (tertiary/aromatic N) is 1. The molecule has 1 N–H and O–H groups in total. The highest BCUT2D eigenvalue weighted by Gasteiger charge is 2.28. The maximum Gasteiger partial charge on any atom is 0.338 e. The molecule has 1 unspecified atom stereocenters. The summed E-state index contributed by atoms with van der Waals surface area (Å²) in [6.07, 6.45) is -0.295. The lowest BCUT2D eigenvalue weighted by molar-refractivity contribution is -0.142. The van der Waals surface area contributed by atoms with Gasteiger partial charge in [-0.05, 0) is 0 Å². The van der Waals surface area contributed by atoms with Gasteiger partial charge in [0.25, 0.3) is 0 Å². The molecule has 1 aliphatic heterocycles. The maximum absolute atomic E-state index is 10.7. The van der Waals surface area contributed by atoms with Crippen LogP contribution in [0, 0.1) is 0 Å². The summed E-state index contributed by atoms with van der Waals surface area (Å²) in [5.74, 6) is -1.39. The Morgan fingerprint density at radius 2 is 2.45 bits per heavy atom. The van der Waals surface area contributed by atoms with Crippen LogP contribution < -0.4 is 0 Å². The van der Waals surface area contributed by atoms with Crippen LogP contribution in [0.3, 0.4) is 0 Å². The molecule has 0 aromatic rings. The Balaban J connectivity index is 2.59. The fourth-order valence-corrected chi connectivity index (χ4v) is 0.806. The van der Waals surface area contributed by atoms with E-state index in [9.17, 15) is 9.59 Å². The third-order valence-corrected chi connectivity index (χ3v) is 1.23. The van der Waals surface area contributed by atoms with Crippen LogP contribution in [0.4, 0.5) is 0 Å². The Kier molecular flexibility index (Phi) is 1.89. The lowest BCUT2D eigenvalue weighted by Crippen LogP contribution is -2.18. The highest BCUT2D eigenvalue weighted by molar-refractivity contribution is 5.97. The Morgan fingerprint density at radius 1 is 1.82 bits per heavy atom. The van der Waals surface area contributed by atoms with Crippen molar-refractivity contribution in [3.05, 3.63) is 0 Å². The second-order valence-electron chi connectivity index (χ2n) is 2.18. The summed E-state index contributed by atoms with van der Waals surface area (Å²) in [5.41, 5.74) is 0. The first kappa shape index (κ1) is 7.71. The van der Waals surface area contributed by atoms with E-state index in [1.165, 1.54) is 6.92 Å². The molecule has 0 saturated carbocycles. The predicted molar refractivity (Wildman–Crippen MR) is 35.2 cm³/mol. The third kappa shape index (κ3) is 1.76. The highest BCUT2D eigenvalue weighted by atomic mass is 16.6. The summed E-state index contributed by atoms with van der Waals surface area (Å²) in [4.78, 5) is 24.5. The van der Waals surface area contributed by atoms with Crippen LogP contribution in [-0.2, 0) is 14.3 Å². The number of ether oxygens (including phenoxy) is 1. The molecule has 0 aliphatic carbocycles.